The Morgan fingerprint density at radius 3 is 2.38 bits per heavy atom. The Hall–Kier alpha value is -6.07. The molecule has 11 heteroatoms. The van der Waals surface area contributed by atoms with Crippen LogP contribution >= 0.6 is 11.6 Å². The highest BCUT2D eigenvalue weighted by atomic mass is 35.5. The number of ether oxygens (including phenoxy) is 1. The largest absolute Gasteiger partial charge is 0.454 e. The summed E-state index contributed by atoms with van der Waals surface area (Å²) in [5.74, 6) is -0.476. The predicted molar refractivity (Wildman–Crippen MR) is 211 cm³/mol. The van der Waals surface area contributed by atoms with Gasteiger partial charge in [0.25, 0.3) is 11.8 Å². The number of aromatic nitrogens is 3. The van der Waals surface area contributed by atoms with Gasteiger partial charge in [0.15, 0.2) is 11.4 Å². The van der Waals surface area contributed by atoms with Crippen LogP contribution in [0.4, 0.5) is 17.1 Å². The van der Waals surface area contributed by atoms with E-state index in [-0.39, 0.29) is 25.0 Å². The second-order valence-electron chi connectivity index (χ2n) is 13.7. The Morgan fingerprint density at radius 2 is 1.60 bits per heavy atom. The highest BCUT2D eigenvalue weighted by Gasteiger charge is 2.52. The third-order valence-electron chi connectivity index (χ3n) is 10.3. The quantitative estimate of drug-likeness (QED) is 0.128. The van der Waals surface area contributed by atoms with Crippen molar-refractivity contribution in [2.75, 3.05) is 16.4 Å². The first kappa shape index (κ1) is 35.9. The summed E-state index contributed by atoms with van der Waals surface area (Å²) in [6, 6.07) is 36.9. The zero-order valence-corrected chi connectivity index (χ0v) is 30.8. The third kappa shape index (κ3) is 6.69. The van der Waals surface area contributed by atoms with Gasteiger partial charge in [-0.25, -0.2) is 0 Å². The zero-order chi connectivity index (χ0) is 38.1. The van der Waals surface area contributed by atoms with E-state index in [1.54, 1.807) is 44.8 Å². The number of nitrogens with zero attached hydrogens (tertiary/aromatic N) is 5. The third-order valence-corrected chi connectivity index (χ3v) is 10.6. The minimum atomic E-state index is -1.85. The van der Waals surface area contributed by atoms with Crippen LogP contribution in [-0.2, 0) is 23.5 Å². The summed E-state index contributed by atoms with van der Waals surface area (Å²) in [6.07, 6.45) is 6.18. The van der Waals surface area contributed by atoms with Crippen molar-refractivity contribution >= 4 is 40.5 Å². The fraction of sp³-hybridized carbons (Fsp3) is 0.182. The number of carbonyl (C=O) groups is 2. The minimum Gasteiger partial charge on any atom is -0.454 e. The number of fused-ring (bicyclic) bond motifs is 3. The molecular formula is C44H38ClN5O5. The van der Waals surface area contributed by atoms with Gasteiger partial charge in [0.1, 0.15) is 5.75 Å². The van der Waals surface area contributed by atoms with Gasteiger partial charge in [0.2, 0.25) is 0 Å². The number of aliphatic hydroxyl groups excluding tert-OH is 1. The number of allylic oxidation sites excluding steroid dienone is 1. The van der Waals surface area contributed by atoms with Crippen molar-refractivity contribution in [1.82, 2.24) is 15.0 Å². The Labute approximate surface area is 323 Å². The van der Waals surface area contributed by atoms with Gasteiger partial charge in [-0.3, -0.25) is 19.2 Å². The molecule has 276 valence electrons. The van der Waals surface area contributed by atoms with E-state index in [4.69, 9.17) is 16.3 Å². The molecular weight excluding hydrogens is 714 g/mol. The number of rotatable bonds is 11. The van der Waals surface area contributed by atoms with E-state index in [9.17, 15) is 19.8 Å². The van der Waals surface area contributed by atoms with Crippen molar-refractivity contribution in [2.45, 2.75) is 38.0 Å². The second kappa shape index (κ2) is 15.0. The number of hydrogen-bond donors (Lipinski definition) is 2. The number of aryl methyl sites for hydroxylation is 1. The van der Waals surface area contributed by atoms with Gasteiger partial charge >= 0.3 is 0 Å². The normalized spacial score (nSPS) is 17.4. The summed E-state index contributed by atoms with van der Waals surface area (Å²) < 4.78 is 7.87. The molecule has 1 aromatic heterocycles. The molecule has 1 unspecified atom stereocenters. The molecule has 55 heavy (non-hydrogen) atoms. The van der Waals surface area contributed by atoms with Crippen LogP contribution in [0.3, 0.4) is 0 Å². The van der Waals surface area contributed by atoms with Crippen molar-refractivity contribution in [3.63, 3.8) is 0 Å². The van der Waals surface area contributed by atoms with E-state index < -0.39 is 17.4 Å². The maximum absolute atomic E-state index is 14.2. The summed E-state index contributed by atoms with van der Waals surface area (Å²) >= 11 is 6.43. The van der Waals surface area contributed by atoms with E-state index in [0.29, 0.717) is 63.4 Å². The number of carbonyl (C=O) groups excluding carboxylic acids is 2. The lowest BCUT2D eigenvalue weighted by molar-refractivity contribution is -0.139. The van der Waals surface area contributed by atoms with Gasteiger partial charge in [-0.05, 0) is 72.1 Å². The molecule has 0 spiro atoms. The van der Waals surface area contributed by atoms with Crippen LogP contribution in [0.5, 0.6) is 11.5 Å². The summed E-state index contributed by atoms with van der Waals surface area (Å²) in [7, 11) is 0. The van der Waals surface area contributed by atoms with E-state index in [0.717, 1.165) is 11.1 Å². The molecule has 2 N–H and O–H groups in total. The monoisotopic (exact) mass is 751 g/mol. The lowest BCUT2D eigenvalue weighted by atomic mass is 9.83. The molecule has 6 aromatic rings. The molecule has 8 rings (SSSR count). The van der Waals surface area contributed by atoms with Crippen LogP contribution in [0.15, 0.2) is 140 Å². The number of para-hydroxylation sites is 3. The summed E-state index contributed by atoms with van der Waals surface area (Å²) in [5.41, 5.74) is 3.34. The average molecular weight is 752 g/mol. The highest BCUT2D eigenvalue weighted by Crippen LogP contribution is 2.47. The van der Waals surface area contributed by atoms with Crippen LogP contribution in [0, 0.1) is 5.92 Å². The molecule has 0 radical (unpaired) electrons. The number of halogens is 1. The molecule has 2 aliphatic heterocycles. The molecule has 0 saturated carbocycles. The first-order valence-electron chi connectivity index (χ1n) is 18.1. The van der Waals surface area contributed by atoms with Crippen LogP contribution in [0.2, 0.25) is 5.02 Å². The van der Waals surface area contributed by atoms with Gasteiger partial charge < -0.3 is 19.8 Å². The van der Waals surface area contributed by atoms with Crippen LogP contribution in [0.1, 0.15) is 52.0 Å². The molecule has 5 aromatic carbocycles. The van der Waals surface area contributed by atoms with Crippen LogP contribution in [0.25, 0.3) is 0 Å². The maximum atomic E-state index is 14.2. The van der Waals surface area contributed by atoms with E-state index in [2.05, 4.69) is 10.3 Å². The first-order valence-corrected chi connectivity index (χ1v) is 18.5. The molecule has 0 aliphatic carbocycles. The zero-order valence-electron chi connectivity index (χ0n) is 30.0. The Kier molecular flexibility index (Phi) is 9.79. The molecule has 0 bridgehead atoms. The van der Waals surface area contributed by atoms with E-state index in [1.807, 2.05) is 116 Å². The predicted octanol–water partition coefficient (Wildman–Crippen LogP) is 8.16. The lowest BCUT2D eigenvalue weighted by Crippen LogP contribution is -2.44. The standard InChI is InChI=1S/C44H38ClN5O5/c1-29(11-9-10-24-48-27-37(46-47-48)35(28-51)31-12-3-2-4-13-31)44(54)36-25-32(45)20-23-38(36)49(43(44)53)26-30-18-21-33(22-19-30)50-39-15-6-8-17-41(39)55-40-16-7-5-14-34(40)42(50)52/h2-9,11-23,25,27,29,35,51,54H,10,24,26,28H2,1H3/b11-9+/t29-,35?,44+/m0/s1. The molecule has 0 fully saturated rings. The van der Waals surface area contributed by atoms with E-state index >= 15 is 0 Å². The van der Waals surface area contributed by atoms with Gasteiger partial charge in [-0.15, -0.1) is 5.10 Å². The number of hydrogen-bond acceptors (Lipinski definition) is 7. The fourth-order valence-corrected chi connectivity index (χ4v) is 7.53. The number of benzene rings is 5. The minimum absolute atomic E-state index is 0.0829. The fourth-order valence-electron chi connectivity index (χ4n) is 7.36. The SMILES string of the molecule is C[C@@H](/C=C/CCn1cc(C(CO)c2ccccc2)nn1)[C@]1(O)C(=O)N(Cc2ccc(N3C(=O)c4ccccc4Oc4ccccc43)cc2)c2ccc(Cl)cc21. The molecule has 10 nitrogen and oxygen atoms in total. The van der Waals surface area contributed by atoms with E-state index in [1.165, 1.54) is 0 Å². The van der Waals surface area contributed by atoms with Crippen LogP contribution in [-0.4, -0.2) is 43.6 Å². The maximum Gasteiger partial charge on any atom is 0.266 e. The number of anilines is 3. The summed E-state index contributed by atoms with van der Waals surface area (Å²) in [4.78, 5) is 31.4. The number of amides is 2. The van der Waals surface area contributed by atoms with Crippen molar-refractivity contribution in [2.24, 2.45) is 5.92 Å². The Bertz CT molecular complexity index is 2400. The van der Waals surface area contributed by atoms with Crippen LogP contribution < -0.4 is 14.5 Å². The Balaban J connectivity index is 0.986. The summed E-state index contributed by atoms with van der Waals surface area (Å²) in [6.45, 7) is 2.44. The van der Waals surface area contributed by atoms with Crippen molar-refractivity contribution < 1.29 is 24.5 Å². The molecule has 2 aliphatic rings. The van der Waals surface area contributed by atoms with Gasteiger partial charge in [-0.1, -0.05) is 103 Å². The van der Waals surface area contributed by atoms with Gasteiger partial charge in [-0.2, -0.15) is 0 Å². The highest BCUT2D eigenvalue weighted by molar-refractivity contribution is 6.31. The lowest BCUT2D eigenvalue weighted by Gasteiger charge is -2.28. The van der Waals surface area contributed by atoms with Crippen molar-refractivity contribution in [1.29, 1.82) is 0 Å². The first-order chi connectivity index (χ1) is 26.8. The van der Waals surface area contributed by atoms with Crippen molar-refractivity contribution in [3.05, 3.63) is 173 Å². The molecule has 3 atom stereocenters. The molecule has 3 heterocycles. The second-order valence-corrected chi connectivity index (χ2v) is 14.2. The Morgan fingerprint density at radius 1 is 0.873 bits per heavy atom. The van der Waals surface area contributed by atoms with Gasteiger partial charge in [0.05, 0.1) is 41.7 Å². The number of aliphatic hydroxyl groups is 2. The smallest absolute Gasteiger partial charge is 0.266 e. The summed E-state index contributed by atoms with van der Waals surface area (Å²) in [5, 5.41) is 31.2. The average Bonchev–Trinajstić information content (AvgIpc) is 3.71. The topological polar surface area (TPSA) is 121 Å². The van der Waals surface area contributed by atoms with Crippen molar-refractivity contribution in [3.8, 4) is 11.5 Å². The molecule has 2 amide bonds. The molecule has 0 saturated heterocycles. The van der Waals surface area contributed by atoms with Gasteiger partial charge in [0, 0.05) is 34.9 Å².